The minimum atomic E-state index is -0.235. The Morgan fingerprint density at radius 3 is 2.61 bits per heavy atom. The highest BCUT2D eigenvalue weighted by atomic mass is 35.5. The number of anilines is 1. The summed E-state index contributed by atoms with van der Waals surface area (Å²) in [5.41, 5.74) is 9.24. The number of hydrogen-bond donors (Lipinski definition) is 1. The summed E-state index contributed by atoms with van der Waals surface area (Å²) in [6, 6.07) is 8.07. The summed E-state index contributed by atoms with van der Waals surface area (Å²) < 4.78 is 0. The first-order valence-corrected chi connectivity index (χ1v) is 8.16. The molecule has 5 heteroatoms. The summed E-state index contributed by atoms with van der Waals surface area (Å²) in [7, 11) is 0. The zero-order chi connectivity index (χ0) is 16.6. The van der Waals surface area contributed by atoms with E-state index >= 15 is 0 Å². The first-order chi connectivity index (χ1) is 11.0. The Labute approximate surface area is 141 Å². The molecule has 0 radical (unpaired) electrons. The van der Waals surface area contributed by atoms with E-state index in [1.54, 1.807) is 13.0 Å². The highest BCUT2D eigenvalue weighted by Gasteiger charge is 2.22. The number of aliphatic imine (C=N–C) groups is 1. The molecule has 0 saturated carbocycles. The number of rotatable bonds is 2. The number of carbonyl (C=O) groups excluding carboxylic acids is 1. The predicted octanol–water partition coefficient (Wildman–Crippen LogP) is 3.54. The minimum Gasteiger partial charge on any atom is -0.396 e. The van der Waals surface area contributed by atoms with Gasteiger partial charge in [-0.15, -0.1) is 0 Å². The maximum Gasteiger partial charge on any atom is 0.202 e. The van der Waals surface area contributed by atoms with E-state index in [9.17, 15) is 4.79 Å². The van der Waals surface area contributed by atoms with Crippen molar-refractivity contribution >= 4 is 34.5 Å². The molecule has 0 spiro atoms. The van der Waals surface area contributed by atoms with Crippen LogP contribution in [-0.4, -0.2) is 24.6 Å². The van der Waals surface area contributed by atoms with Gasteiger partial charge in [0.25, 0.3) is 0 Å². The molecule has 1 aromatic carbocycles. The number of hydrogen-bond acceptors (Lipinski definition) is 4. The number of Topliss-reactive ketones (excluding diaryl/α,β-unsaturated/α-hetero) is 1. The number of nitrogens with zero attached hydrogens (tertiary/aromatic N) is 2. The van der Waals surface area contributed by atoms with Crippen LogP contribution in [-0.2, 0) is 4.79 Å². The van der Waals surface area contributed by atoms with Crippen molar-refractivity contribution < 1.29 is 4.79 Å². The third-order valence-corrected chi connectivity index (χ3v) is 4.69. The molecule has 2 N–H and O–H groups in total. The van der Waals surface area contributed by atoms with Gasteiger partial charge in [-0.05, 0) is 49.6 Å². The van der Waals surface area contributed by atoms with Crippen LogP contribution in [0.1, 0.15) is 20.3 Å². The van der Waals surface area contributed by atoms with Crippen LogP contribution in [0.2, 0.25) is 0 Å². The molecule has 1 atom stereocenters. The van der Waals surface area contributed by atoms with E-state index in [0.29, 0.717) is 11.3 Å². The zero-order valence-corrected chi connectivity index (χ0v) is 14.1. The quantitative estimate of drug-likeness (QED) is 0.844. The molecule has 23 heavy (non-hydrogen) atoms. The van der Waals surface area contributed by atoms with Gasteiger partial charge in [-0.2, -0.15) is 0 Å². The minimum absolute atomic E-state index is 0.0476. The third kappa shape index (κ3) is 3.17. The molecule has 1 saturated heterocycles. The van der Waals surface area contributed by atoms with Crippen molar-refractivity contribution in [3.63, 3.8) is 0 Å². The topological polar surface area (TPSA) is 58.7 Å². The Bertz CT molecular complexity index is 731. The van der Waals surface area contributed by atoms with Crippen LogP contribution < -0.4 is 10.6 Å². The van der Waals surface area contributed by atoms with E-state index in [4.69, 9.17) is 17.3 Å². The number of carbonyl (C=O) groups is 1. The molecule has 4 nitrogen and oxygen atoms in total. The molecule has 0 aromatic heterocycles. The molecule has 120 valence electrons. The van der Waals surface area contributed by atoms with Gasteiger partial charge in [0.15, 0.2) is 0 Å². The molecule has 0 bridgehead atoms. The van der Waals surface area contributed by atoms with E-state index in [0.717, 1.165) is 24.7 Å². The maximum absolute atomic E-state index is 11.8. The van der Waals surface area contributed by atoms with Crippen molar-refractivity contribution in [2.24, 2.45) is 16.6 Å². The summed E-state index contributed by atoms with van der Waals surface area (Å²) in [6.07, 6.45) is 2.92. The van der Waals surface area contributed by atoms with Crippen LogP contribution in [0.15, 0.2) is 51.6 Å². The molecule has 1 aliphatic carbocycles. The Morgan fingerprint density at radius 2 is 2.00 bits per heavy atom. The molecule has 0 amide bonds. The van der Waals surface area contributed by atoms with Gasteiger partial charge < -0.3 is 10.6 Å². The van der Waals surface area contributed by atoms with Gasteiger partial charge in [-0.1, -0.05) is 18.5 Å². The zero-order valence-electron chi connectivity index (χ0n) is 13.3. The van der Waals surface area contributed by atoms with Crippen LogP contribution in [0, 0.1) is 5.92 Å². The Morgan fingerprint density at radius 1 is 1.30 bits per heavy atom. The summed E-state index contributed by atoms with van der Waals surface area (Å²) in [4.78, 5) is 18.7. The van der Waals surface area contributed by atoms with Crippen LogP contribution in [0.25, 0.3) is 0 Å². The Kier molecular flexibility index (Phi) is 4.26. The number of benzene rings is 1. The van der Waals surface area contributed by atoms with E-state index in [-0.39, 0.29) is 16.5 Å². The molecule has 1 unspecified atom stereocenters. The second-order valence-corrected chi connectivity index (χ2v) is 6.62. The molecule has 1 aliphatic heterocycles. The summed E-state index contributed by atoms with van der Waals surface area (Å²) in [5.74, 6) is 0.511. The van der Waals surface area contributed by atoms with Gasteiger partial charge in [-0.3, -0.25) is 4.79 Å². The van der Waals surface area contributed by atoms with E-state index in [1.165, 1.54) is 12.1 Å². The van der Waals surface area contributed by atoms with E-state index in [2.05, 4.69) is 28.9 Å². The summed E-state index contributed by atoms with van der Waals surface area (Å²) >= 11 is 5.98. The van der Waals surface area contributed by atoms with Crippen molar-refractivity contribution in [1.82, 2.24) is 0 Å². The summed E-state index contributed by atoms with van der Waals surface area (Å²) in [5, 5.41) is 0.0476. The van der Waals surface area contributed by atoms with Crippen LogP contribution in [0.4, 0.5) is 11.4 Å². The van der Waals surface area contributed by atoms with Gasteiger partial charge in [-0.25, -0.2) is 4.99 Å². The molecular weight excluding hydrogens is 310 g/mol. The van der Waals surface area contributed by atoms with Gasteiger partial charge in [0.2, 0.25) is 5.78 Å². The number of halogens is 1. The first kappa shape index (κ1) is 15.8. The monoisotopic (exact) mass is 329 g/mol. The lowest BCUT2D eigenvalue weighted by atomic mass is 10.0. The van der Waals surface area contributed by atoms with E-state index in [1.807, 2.05) is 12.1 Å². The molecule has 2 aliphatic rings. The first-order valence-electron chi connectivity index (χ1n) is 7.78. The average molecular weight is 330 g/mol. The lowest BCUT2D eigenvalue weighted by Crippen LogP contribution is -2.21. The predicted molar refractivity (Wildman–Crippen MR) is 95.4 cm³/mol. The fourth-order valence-corrected chi connectivity index (χ4v) is 3.14. The second kappa shape index (κ2) is 6.20. The molecule has 1 fully saturated rings. The van der Waals surface area contributed by atoms with Crippen molar-refractivity contribution in [2.75, 3.05) is 18.0 Å². The Hall–Kier alpha value is -2.07. The largest absolute Gasteiger partial charge is 0.396 e. The highest BCUT2D eigenvalue weighted by molar-refractivity contribution is 6.49. The van der Waals surface area contributed by atoms with Gasteiger partial charge in [0, 0.05) is 24.4 Å². The lowest BCUT2D eigenvalue weighted by molar-refractivity contribution is -0.111. The lowest BCUT2D eigenvalue weighted by Gasteiger charge is -2.18. The third-order valence-electron chi connectivity index (χ3n) is 4.31. The highest BCUT2D eigenvalue weighted by Crippen LogP contribution is 2.27. The fraction of sp³-hybridized carbons (Fsp3) is 0.333. The van der Waals surface area contributed by atoms with Crippen LogP contribution in [0.3, 0.4) is 0 Å². The van der Waals surface area contributed by atoms with Crippen LogP contribution >= 0.6 is 11.6 Å². The van der Waals surface area contributed by atoms with Gasteiger partial charge >= 0.3 is 0 Å². The van der Waals surface area contributed by atoms with Crippen LogP contribution in [0.5, 0.6) is 0 Å². The van der Waals surface area contributed by atoms with Gasteiger partial charge in [0.1, 0.15) is 5.03 Å². The maximum atomic E-state index is 11.8. The van der Waals surface area contributed by atoms with Crippen molar-refractivity contribution in [2.45, 2.75) is 20.3 Å². The van der Waals surface area contributed by atoms with E-state index < -0.39 is 0 Å². The van der Waals surface area contributed by atoms with Crippen molar-refractivity contribution in [3.8, 4) is 0 Å². The number of allylic oxidation sites excluding steroid dienone is 3. The average Bonchev–Trinajstić information content (AvgIpc) is 2.98. The molecule has 3 rings (SSSR count). The standard InChI is InChI=1S/C18H20ClN3O/c1-11-7-8-22(10-11)14-5-3-13(4-6-14)21-15-9-12(2)18(23)16(19)17(15)20/h3-6,9,11H,7-8,10,20H2,1-2H3. The SMILES string of the molecule is CC1=CC(=Nc2ccc(N3CCC(C)C3)cc2)C(N)=C(Cl)C1=O. The van der Waals surface area contributed by atoms with Gasteiger partial charge in [0.05, 0.1) is 17.1 Å². The number of ketones is 1. The second-order valence-electron chi connectivity index (χ2n) is 6.24. The fourth-order valence-electron chi connectivity index (χ4n) is 2.90. The van der Waals surface area contributed by atoms with Crippen molar-refractivity contribution in [1.29, 1.82) is 0 Å². The smallest absolute Gasteiger partial charge is 0.202 e. The van der Waals surface area contributed by atoms with Crippen molar-refractivity contribution in [3.05, 3.63) is 46.6 Å². The molecule has 1 aromatic rings. The molecular formula is C18H20ClN3O. The normalized spacial score (nSPS) is 23.7. The molecule has 1 heterocycles. The summed E-state index contributed by atoms with van der Waals surface area (Å²) in [6.45, 7) is 6.19. The number of nitrogens with two attached hydrogens (primary N) is 1. The Balaban J connectivity index is 1.84.